The molecule has 0 aliphatic rings. The lowest BCUT2D eigenvalue weighted by molar-refractivity contribution is 0.249. The molecule has 2 heterocycles. The smallest absolute Gasteiger partial charge is 0.319 e. The van der Waals surface area contributed by atoms with E-state index in [1.54, 1.807) is 17.1 Å². The van der Waals surface area contributed by atoms with Gasteiger partial charge in [-0.25, -0.2) is 4.79 Å². The van der Waals surface area contributed by atoms with Crippen LogP contribution in [0.25, 0.3) is 0 Å². The number of urea groups is 1. The number of aryl methyl sites for hydroxylation is 3. The number of hydrogen-bond acceptors (Lipinski definition) is 3. The first-order valence-electron chi connectivity index (χ1n) is 7.56. The van der Waals surface area contributed by atoms with Gasteiger partial charge in [-0.05, 0) is 32.8 Å². The molecule has 0 aliphatic carbocycles. The molecule has 0 saturated carbocycles. The molecule has 0 aliphatic heterocycles. The molecule has 0 radical (unpaired) electrons. The van der Waals surface area contributed by atoms with Crippen LogP contribution in [0.1, 0.15) is 25.2 Å². The van der Waals surface area contributed by atoms with E-state index in [4.69, 9.17) is 0 Å². The molecular weight excluding hydrogens is 280 g/mol. The molecule has 120 valence electrons. The van der Waals surface area contributed by atoms with Crippen LogP contribution in [0.3, 0.4) is 0 Å². The molecular formula is C15H24N6O. The van der Waals surface area contributed by atoms with E-state index in [0.29, 0.717) is 18.2 Å². The normalized spacial score (nSPS) is 12.2. The first-order chi connectivity index (χ1) is 10.5. The molecule has 0 bridgehead atoms. The molecule has 2 rings (SSSR count). The highest BCUT2D eigenvalue weighted by molar-refractivity contribution is 5.88. The van der Waals surface area contributed by atoms with Crippen LogP contribution < -0.4 is 10.6 Å². The minimum atomic E-state index is -0.212. The fourth-order valence-corrected chi connectivity index (χ4v) is 2.26. The lowest BCUT2D eigenvalue weighted by Crippen LogP contribution is -2.33. The fourth-order valence-electron chi connectivity index (χ4n) is 2.26. The lowest BCUT2D eigenvalue weighted by Gasteiger charge is -2.14. The van der Waals surface area contributed by atoms with E-state index in [1.807, 2.05) is 25.5 Å². The number of carbonyl (C=O) groups is 1. The third-order valence-corrected chi connectivity index (χ3v) is 3.41. The molecule has 7 nitrogen and oxygen atoms in total. The van der Waals surface area contributed by atoms with Crippen molar-refractivity contribution < 1.29 is 4.79 Å². The largest absolute Gasteiger partial charge is 0.338 e. The van der Waals surface area contributed by atoms with Crippen molar-refractivity contribution in [2.75, 3.05) is 11.9 Å². The number of nitrogens with zero attached hydrogens (tertiary/aromatic N) is 4. The zero-order valence-electron chi connectivity index (χ0n) is 13.6. The fraction of sp³-hybridized carbons (Fsp3) is 0.533. The Morgan fingerprint density at radius 3 is 2.77 bits per heavy atom. The Hall–Kier alpha value is -2.31. The van der Waals surface area contributed by atoms with Gasteiger partial charge >= 0.3 is 6.03 Å². The maximum Gasteiger partial charge on any atom is 0.319 e. The summed E-state index contributed by atoms with van der Waals surface area (Å²) in [6.07, 6.45) is 3.45. The second kappa shape index (κ2) is 7.11. The Morgan fingerprint density at radius 1 is 1.41 bits per heavy atom. The Balaban J connectivity index is 1.76. The zero-order chi connectivity index (χ0) is 16.1. The Morgan fingerprint density at radius 2 is 2.18 bits per heavy atom. The molecule has 7 heteroatoms. The highest BCUT2D eigenvalue weighted by Crippen LogP contribution is 2.07. The minimum Gasteiger partial charge on any atom is -0.338 e. The van der Waals surface area contributed by atoms with Gasteiger partial charge in [0, 0.05) is 31.5 Å². The first kappa shape index (κ1) is 16.1. The molecule has 2 N–H and O–H groups in total. The molecule has 0 spiro atoms. The van der Waals surface area contributed by atoms with Crippen LogP contribution in [-0.2, 0) is 13.1 Å². The number of nitrogens with one attached hydrogen (secondary N) is 2. The van der Waals surface area contributed by atoms with Crippen molar-refractivity contribution in [3.63, 3.8) is 0 Å². The summed E-state index contributed by atoms with van der Waals surface area (Å²) in [5, 5.41) is 14.2. The lowest BCUT2D eigenvalue weighted by atomic mass is 10.2. The first-order valence-corrected chi connectivity index (χ1v) is 7.56. The van der Waals surface area contributed by atoms with Crippen molar-refractivity contribution in [2.24, 2.45) is 5.92 Å². The summed E-state index contributed by atoms with van der Waals surface area (Å²) in [4.78, 5) is 11.9. The van der Waals surface area contributed by atoms with Crippen LogP contribution >= 0.6 is 0 Å². The maximum absolute atomic E-state index is 11.9. The van der Waals surface area contributed by atoms with E-state index < -0.39 is 0 Å². The van der Waals surface area contributed by atoms with Gasteiger partial charge in [0.05, 0.1) is 17.6 Å². The van der Waals surface area contributed by atoms with Crippen LogP contribution in [0.5, 0.6) is 0 Å². The Labute approximate surface area is 130 Å². The van der Waals surface area contributed by atoms with Crippen molar-refractivity contribution >= 4 is 11.7 Å². The van der Waals surface area contributed by atoms with Crippen LogP contribution in [0.15, 0.2) is 18.5 Å². The van der Waals surface area contributed by atoms with Crippen molar-refractivity contribution in [3.05, 3.63) is 29.8 Å². The van der Waals surface area contributed by atoms with Crippen LogP contribution in [-0.4, -0.2) is 32.1 Å². The van der Waals surface area contributed by atoms with Gasteiger partial charge < -0.3 is 10.6 Å². The Bertz CT molecular complexity index is 630. The summed E-state index contributed by atoms with van der Waals surface area (Å²) >= 11 is 0. The third-order valence-electron chi connectivity index (χ3n) is 3.41. The number of carbonyl (C=O) groups excluding carboxylic acids is 1. The highest BCUT2D eigenvalue weighted by Gasteiger charge is 2.09. The highest BCUT2D eigenvalue weighted by atomic mass is 16.2. The Kier molecular flexibility index (Phi) is 5.19. The average Bonchev–Trinajstić information content (AvgIpc) is 3.03. The van der Waals surface area contributed by atoms with E-state index in [2.05, 4.69) is 33.8 Å². The van der Waals surface area contributed by atoms with Crippen molar-refractivity contribution in [1.29, 1.82) is 0 Å². The molecule has 0 unspecified atom stereocenters. The van der Waals surface area contributed by atoms with Gasteiger partial charge in [0.2, 0.25) is 0 Å². The van der Waals surface area contributed by atoms with Gasteiger partial charge in [0.1, 0.15) is 0 Å². The van der Waals surface area contributed by atoms with E-state index in [-0.39, 0.29) is 6.03 Å². The van der Waals surface area contributed by atoms with Gasteiger partial charge in [-0.2, -0.15) is 10.2 Å². The van der Waals surface area contributed by atoms with Crippen LogP contribution in [0.2, 0.25) is 0 Å². The molecule has 2 aromatic rings. The summed E-state index contributed by atoms with van der Waals surface area (Å²) in [6.45, 7) is 10.3. The number of aromatic nitrogens is 4. The van der Waals surface area contributed by atoms with Gasteiger partial charge in [0.15, 0.2) is 0 Å². The van der Waals surface area contributed by atoms with E-state index in [9.17, 15) is 4.79 Å². The predicted molar refractivity (Wildman–Crippen MR) is 85.8 cm³/mol. The van der Waals surface area contributed by atoms with Crippen molar-refractivity contribution in [2.45, 2.75) is 40.8 Å². The summed E-state index contributed by atoms with van der Waals surface area (Å²) in [6, 6.07) is 1.84. The zero-order valence-corrected chi connectivity index (χ0v) is 13.6. The monoisotopic (exact) mass is 304 g/mol. The number of amides is 2. The van der Waals surface area contributed by atoms with Gasteiger partial charge in [-0.3, -0.25) is 9.36 Å². The summed E-state index contributed by atoms with van der Waals surface area (Å²) in [5.41, 5.74) is 2.86. The quantitative estimate of drug-likeness (QED) is 0.858. The van der Waals surface area contributed by atoms with Gasteiger partial charge in [-0.15, -0.1) is 0 Å². The molecule has 0 aromatic carbocycles. The summed E-state index contributed by atoms with van der Waals surface area (Å²) in [7, 11) is 0. The molecule has 22 heavy (non-hydrogen) atoms. The number of anilines is 1. The van der Waals surface area contributed by atoms with Crippen molar-refractivity contribution in [1.82, 2.24) is 24.9 Å². The molecule has 2 aromatic heterocycles. The van der Waals surface area contributed by atoms with Crippen molar-refractivity contribution in [3.8, 4) is 0 Å². The van der Waals surface area contributed by atoms with Gasteiger partial charge in [-0.1, -0.05) is 6.92 Å². The molecule has 0 fully saturated rings. The predicted octanol–water partition coefficient (Wildman–Crippen LogP) is 2.17. The molecule has 0 saturated heterocycles. The summed E-state index contributed by atoms with van der Waals surface area (Å²) < 4.78 is 3.74. The van der Waals surface area contributed by atoms with Gasteiger partial charge in [0.25, 0.3) is 0 Å². The third kappa shape index (κ3) is 4.34. The van der Waals surface area contributed by atoms with Crippen LogP contribution in [0.4, 0.5) is 10.5 Å². The average molecular weight is 304 g/mol. The topological polar surface area (TPSA) is 76.8 Å². The van der Waals surface area contributed by atoms with E-state index >= 15 is 0 Å². The number of hydrogen-bond donors (Lipinski definition) is 2. The molecule has 1 atom stereocenters. The van der Waals surface area contributed by atoms with Crippen LogP contribution in [0, 0.1) is 19.8 Å². The standard InChI is InChI=1S/C15H24N6O/c1-5-20-10-14(8-17-20)18-15(22)16-7-11(2)9-21-13(4)6-12(3)19-21/h6,8,10-11H,5,7,9H2,1-4H3,(H2,16,18,22)/t11-/m1/s1. The minimum absolute atomic E-state index is 0.212. The number of rotatable bonds is 6. The molecule has 2 amide bonds. The maximum atomic E-state index is 11.9. The summed E-state index contributed by atoms with van der Waals surface area (Å²) in [5.74, 6) is 0.294. The van der Waals surface area contributed by atoms with E-state index in [0.717, 1.165) is 24.5 Å². The van der Waals surface area contributed by atoms with E-state index in [1.165, 1.54) is 0 Å². The second-order valence-corrected chi connectivity index (χ2v) is 5.63. The second-order valence-electron chi connectivity index (χ2n) is 5.63. The SMILES string of the molecule is CCn1cc(NC(=O)NC[C@@H](C)Cn2nc(C)cc2C)cn1.